The molecule has 2 heterocycles. The summed E-state index contributed by atoms with van der Waals surface area (Å²) in [6.45, 7) is 0. The molecule has 0 saturated heterocycles. The molecule has 0 fully saturated rings. The number of aromatic nitrogens is 3. The maximum Gasteiger partial charge on any atom is 0.277 e. The Labute approximate surface area is 190 Å². The van der Waals surface area contributed by atoms with Crippen molar-refractivity contribution in [1.29, 1.82) is 0 Å². The Hall–Kier alpha value is -2.39. The molecule has 10 heteroatoms. The Balaban J connectivity index is 2.07. The lowest BCUT2D eigenvalue weighted by Crippen LogP contribution is -2.23. The molecule has 0 aliphatic rings. The van der Waals surface area contributed by atoms with E-state index >= 15 is 0 Å². The molecule has 2 aromatic heterocycles. The fourth-order valence-electron chi connectivity index (χ4n) is 3.15. The average Bonchev–Trinajstić information content (AvgIpc) is 3.09. The molecule has 0 aliphatic heterocycles. The highest BCUT2D eigenvalue weighted by Crippen LogP contribution is 2.30. The summed E-state index contributed by atoms with van der Waals surface area (Å²) in [4.78, 5) is 18.2. The zero-order valence-electron chi connectivity index (χ0n) is 15.9. The molecular weight excluding hydrogens is 465 g/mol. The molecule has 0 N–H and O–H groups in total. The molecule has 4 rings (SSSR count). The van der Waals surface area contributed by atoms with Crippen molar-refractivity contribution in [3.63, 3.8) is 0 Å². The Morgan fingerprint density at radius 3 is 2.60 bits per heavy atom. The smallest absolute Gasteiger partial charge is 0.277 e. The summed E-state index contributed by atoms with van der Waals surface area (Å²) in [7, 11) is 3.08. The minimum Gasteiger partial charge on any atom is -0.497 e. The van der Waals surface area contributed by atoms with Crippen LogP contribution in [-0.2, 0) is 5.88 Å². The quantitative estimate of drug-likeness (QED) is 0.284. The van der Waals surface area contributed by atoms with Gasteiger partial charge in [-0.3, -0.25) is 13.9 Å². The first-order chi connectivity index (χ1) is 14.5. The lowest BCUT2D eigenvalue weighted by molar-refractivity contribution is 0.401. The first kappa shape index (κ1) is 20.9. The summed E-state index contributed by atoms with van der Waals surface area (Å²) in [5.41, 5.74) is 1.36. The lowest BCUT2D eigenvalue weighted by Gasteiger charge is -2.15. The van der Waals surface area contributed by atoms with Crippen LogP contribution in [0.3, 0.4) is 0 Å². The Bertz CT molecular complexity index is 1380. The standard InChI is InChI=1S/C20H15Cl2N3O3S2/c1-27-13-6-7-15(28-2)14(9-13)25-16(10-21)23-18-17(19(25)26)30-20(29)24(18)12-5-3-4-11(22)8-12/h3-9H,10H2,1-2H3. The van der Waals surface area contributed by atoms with Crippen LogP contribution in [0, 0.1) is 3.95 Å². The summed E-state index contributed by atoms with van der Waals surface area (Å²) in [5, 5.41) is 0.556. The molecule has 6 nitrogen and oxygen atoms in total. The van der Waals surface area contributed by atoms with Crippen LogP contribution in [0.15, 0.2) is 47.3 Å². The van der Waals surface area contributed by atoms with Crippen molar-refractivity contribution in [3.8, 4) is 22.9 Å². The van der Waals surface area contributed by atoms with Crippen molar-refractivity contribution in [3.05, 3.63) is 67.6 Å². The zero-order chi connectivity index (χ0) is 21.4. The SMILES string of the molecule is COc1ccc(OC)c(-n2c(CCl)nc3c(sc(=S)n3-c3cccc(Cl)c3)c2=O)c1. The molecule has 0 unspecified atom stereocenters. The van der Waals surface area contributed by atoms with Crippen LogP contribution >= 0.6 is 46.8 Å². The predicted molar refractivity (Wildman–Crippen MR) is 123 cm³/mol. The summed E-state index contributed by atoms with van der Waals surface area (Å²) >= 11 is 19.1. The fraction of sp³-hybridized carbons (Fsp3) is 0.150. The number of halogens is 2. The summed E-state index contributed by atoms with van der Waals surface area (Å²) in [5.74, 6) is 1.42. The number of rotatable bonds is 5. The maximum atomic E-state index is 13.5. The number of thiazole rings is 1. The molecule has 2 aromatic carbocycles. The second kappa shape index (κ2) is 8.39. The number of alkyl halides is 1. The largest absolute Gasteiger partial charge is 0.497 e. The third-order valence-electron chi connectivity index (χ3n) is 4.49. The second-order valence-corrected chi connectivity index (χ2v) is 8.52. The molecular formula is C20H15Cl2N3O3S2. The number of ether oxygens (including phenoxy) is 2. The van der Waals surface area contributed by atoms with Crippen molar-refractivity contribution in [2.24, 2.45) is 0 Å². The van der Waals surface area contributed by atoms with Crippen molar-refractivity contribution in [2.45, 2.75) is 5.88 Å². The van der Waals surface area contributed by atoms with Gasteiger partial charge in [-0.25, -0.2) is 4.98 Å². The molecule has 4 aromatic rings. The maximum absolute atomic E-state index is 13.5. The van der Waals surface area contributed by atoms with Gasteiger partial charge in [0.2, 0.25) is 0 Å². The Morgan fingerprint density at radius 1 is 1.13 bits per heavy atom. The molecule has 0 saturated carbocycles. The fourth-order valence-corrected chi connectivity index (χ4v) is 4.82. The van der Waals surface area contributed by atoms with E-state index in [1.165, 1.54) is 23.0 Å². The lowest BCUT2D eigenvalue weighted by atomic mass is 10.2. The van der Waals surface area contributed by atoms with Gasteiger partial charge < -0.3 is 9.47 Å². The van der Waals surface area contributed by atoms with Crippen LogP contribution in [0.5, 0.6) is 11.5 Å². The van der Waals surface area contributed by atoms with E-state index in [1.807, 2.05) is 12.1 Å². The van der Waals surface area contributed by atoms with Gasteiger partial charge in [-0.1, -0.05) is 29.0 Å². The molecule has 0 aliphatic carbocycles. The van der Waals surface area contributed by atoms with Gasteiger partial charge >= 0.3 is 0 Å². The van der Waals surface area contributed by atoms with Crippen LogP contribution in [0.25, 0.3) is 21.7 Å². The van der Waals surface area contributed by atoms with E-state index in [9.17, 15) is 4.79 Å². The van der Waals surface area contributed by atoms with E-state index in [-0.39, 0.29) is 11.4 Å². The first-order valence-electron chi connectivity index (χ1n) is 8.70. The van der Waals surface area contributed by atoms with Crippen LogP contribution in [0.4, 0.5) is 0 Å². The highest BCUT2D eigenvalue weighted by atomic mass is 35.5. The summed E-state index contributed by atoms with van der Waals surface area (Å²) in [6, 6.07) is 12.4. The highest BCUT2D eigenvalue weighted by molar-refractivity contribution is 7.73. The van der Waals surface area contributed by atoms with Gasteiger partial charge in [0.15, 0.2) is 9.60 Å². The molecule has 0 spiro atoms. The number of nitrogens with zero attached hydrogens (tertiary/aromatic N) is 3. The van der Waals surface area contributed by atoms with Crippen LogP contribution in [0.2, 0.25) is 5.02 Å². The van der Waals surface area contributed by atoms with Gasteiger partial charge in [-0.15, -0.1) is 11.6 Å². The van der Waals surface area contributed by atoms with Gasteiger partial charge in [0, 0.05) is 11.1 Å². The van der Waals surface area contributed by atoms with E-state index in [2.05, 4.69) is 4.98 Å². The number of methoxy groups -OCH3 is 2. The summed E-state index contributed by atoms with van der Waals surface area (Å²) < 4.78 is 14.8. The third-order valence-corrected chi connectivity index (χ3v) is 6.32. The van der Waals surface area contributed by atoms with Gasteiger partial charge in [-0.2, -0.15) is 0 Å². The van der Waals surface area contributed by atoms with E-state index in [1.54, 1.807) is 42.0 Å². The van der Waals surface area contributed by atoms with Crippen molar-refractivity contribution < 1.29 is 9.47 Å². The second-order valence-electron chi connectivity index (χ2n) is 6.18. The molecule has 30 heavy (non-hydrogen) atoms. The van der Waals surface area contributed by atoms with Crippen LogP contribution < -0.4 is 15.0 Å². The number of hydrogen-bond donors (Lipinski definition) is 0. The van der Waals surface area contributed by atoms with Crippen LogP contribution in [0.1, 0.15) is 5.82 Å². The first-order valence-corrected chi connectivity index (χ1v) is 10.8. The van der Waals surface area contributed by atoms with Crippen molar-refractivity contribution in [1.82, 2.24) is 14.1 Å². The van der Waals surface area contributed by atoms with Crippen molar-refractivity contribution >= 4 is 57.1 Å². The van der Waals surface area contributed by atoms with E-state index in [0.717, 1.165) is 5.69 Å². The molecule has 154 valence electrons. The average molecular weight is 480 g/mol. The highest BCUT2D eigenvalue weighted by Gasteiger charge is 2.20. The molecule has 0 amide bonds. The summed E-state index contributed by atoms with van der Waals surface area (Å²) in [6.07, 6.45) is 0. The Morgan fingerprint density at radius 2 is 1.93 bits per heavy atom. The number of fused-ring (bicyclic) bond motifs is 1. The minimum absolute atomic E-state index is 0.00367. The van der Waals surface area contributed by atoms with Gasteiger partial charge in [0.25, 0.3) is 5.56 Å². The van der Waals surface area contributed by atoms with E-state index < -0.39 is 0 Å². The van der Waals surface area contributed by atoms with Gasteiger partial charge in [0.05, 0.1) is 31.5 Å². The number of benzene rings is 2. The van der Waals surface area contributed by atoms with Gasteiger partial charge in [0.1, 0.15) is 22.0 Å². The zero-order valence-corrected chi connectivity index (χ0v) is 19.0. The number of hydrogen-bond acceptors (Lipinski definition) is 6. The molecule has 0 atom stereocenters. The topological polar surface area (TPSA) is 58.3 Å². The van der Waals surface area contributed by atoms with E-state index in [4.69, 9.17) is 44.9 Å². The Kier molecular flexibility index (Phi) is 5.84. The minimum atomic E-state index is -0.293. The molecule has 0 radical (unpaired) electrons. The normalized spacial score (nSPS) is 11.1. The monoisotopic (exact) mass is 479 g/mol. The third kappa shape index (κ3) is 3.50. The van der Waals surface area contributed by atoms with Gasteiger partial charge in [-0.05, 0) is 42.5 Å². The molecule has 0 bridgehead atoms. The predicted octanol–water partition coefficient (Wildman–Crippen LogP) is 5.38. The van der Waals surface area contributed by atoms with Crippen LogP contribution in [-0.4, -0.2) is 28.3 Å². The van der Waals surface area contributed by atoms with Crippen molar-refractivity contribution in [2.75, 3.05) is 14.2 Å². The van der Waals surface area contributed by atoms with E-state index in [0.29, 0.717) is 42.3 Å².